The molecule has 1 atom stereocenters. The van der Waals surface area contributed by atoms with Gasteiger partial charge in [-0.3, -0.25) is 4.79 Å². The number of nitrogens with one attached hydrogen (secondary N) is 2. The van der Waals surface area contributed by atoms with Crippen LogP contribution in [-0.2, 0) is 11.3 Å². The third-order valence-electron chi connectivity index (χ3n) is 4.50. The van der Waals surface area contributed by atoms with Crippen molar-refractivity contribution in [2.75, 3.05) is 32.1 Å². The number of halogens is 1. The van der Waals surface area contributed by atoms with E-state index in [1.165, 1.54) is 0 Å². The number of amides is 1. The third-order valence-corrected chi connectivity index (χ3v) is 4.78. The highest BCUT2D eigenvalue weighted by molar-refractivity contribution is 6.32. The van der Waals surface area contributed by atoms with E-state index in [9.17, 15) is 4.79 Å². The Hall–Kier alpha value is -2.24. The highest BCUT2D eigenvalue weighted by Crippen LogP contribution is 2.38. The Morgan fingerprint density at radius 1 is 1.23 bits per heavy atom. The highest BCUT2D eigenvalue weighted by atomic mass is 35.5. The van der Waals surface area contributed by atoms with Crippen LogP contribution in [-0.4, -0.2) is 32.7 Å². The van der Waals surface area contributed by atoms with Gasteiger partial charge in [0.15, 0.2) is 18.0 Å². The number of rotatable bonds is 5. The van der Waals surface area contributed by atoms with Crippen molar-refractivity contribution >= 4 is 23.2 Å². The standard InChI is InChI=1S/C20H23ClN2O3/c1-13-5-4-6-17(14(13)2)22-19(24)12-23(3)11-15-9-16(21)20-18(10-15)25-7-8-26-20/h4-6,9-10H,7-8,11-12H2,1-3H3,(H,22,24)/p+1. The molecular weight excluding hydrogens is 352 g/mol. The fourth-order valence-electron chi connectivity index (χ4n) is 3.03. The molecule has 2 aromatic rings. The molecule has 0 aliphatic carbocycles. The van der Waals surface area contributed by atoms with Gasteiger partial charge in [-0.15, -0.1) is 0 Å². The molecule has 1 aliphatic rings. The summed E-state index contributed by atoms with van der Waals surface area (Å²) in [7, 11) is 1.98. The number of carbonyl (C=O) groups is 1. The first-order chi connectivity index (χ1) is 12.4. The predicted octanol–water partition coefficient (Wildman–Crippen LogP) is 2.38. The van der Waals surface area contributed by atoms with Gasteiger partial charge in [-0.05, 0) is 43.2 Å². The van der Waals surface area contributed by atoms with Gasteiger partial charge in [0.05, 0.1) is 12.1 Å². The molecule has 1 amide bonds. The zero-order chi connectivity index (χ0) is 18.7. The number of likely N-dealkylation sites (N-methyl/N-ethyl adjacent to an activating group) is 1. The Morgan fingerprint density at radius 2 is 2.00 bits per heavy atom. The van der Waals surface area contributed by atoms with Crippen molar-refractivity contribution in [3.63, 3.8) is 0 Å². The summed E-state index contributed by atoms with van der Waals surface area (Å²) in [5.41, 5.74) is 4.13. The molecule has 0 aromatic heterocycles. The van der Waals surface area contributed by atoms with Gasteiger partial charge in [0, 0.05) is 11.3 Å². The van der Waals surface area contributed by atoms with Gasteiger partial charge in [0.1, 0.15) is 19.8 Å². The fourth-order valence-corrected chi connectivity index (χ4v) is 3.32. The van der Waals surface area contributed by atoms with E-state index in [4.69, 9.17) is 21.1 Å². The number of benzene rings is 2. The smallest absolute Gasteiger partial charge is 0.279 e. The summed E-state index contributed by atoms with van der Waals surface area (Å²) >= 11 is 6.28. The second kappa shape index (κ2) is 7.98. The van der Waals surface area contributed by atoms with Gasteiger partial charge in [-0.2, -0.15) is 0 Å². The van der Waals surface area contributed by atoms with Gasteiger partial charge in [-0.25, -0.2) is 0 Å². The molecule has 0 saturated heterocycles. The van der Waals surface area contributed by atoms with Crippen LogP contribution >= 0.6 is 11.6 Å². The minimum absolute atomic E-state index is 0.0140. The first-order valence-corrected chi connectivity index (χ1v) is 9.07. The number of carbonyl (C=O) groups excluding carboxylic acids is 1. The molecule has 0 spiro atoms. The summed E-state index contributed by atoms with van der Waals surface area (Å²) in [4.78, 5) is 13.4. The lowest BCUT2D eigenvalue weighted by Gasteiger charge is -2.21. The molecule has 1 unspecified atom stereocenters. The minimum atomic E-state index is -0.0140. The number of hydrogen-bond donors (Lipinski definition) is 2. The van der Waals surface area contributed by atoms with E-state index in [1.807, 2.05) is 51.2 Å². The van der Waals surface area contributed by atoms with Crippen LogP contribution in [0.2, 0.25) is 5.02 Å². The summed E-state index contributed by atoms with van der Waals surface area (Å²) in [6, 6.07) is 9.73. The Morgan fingerprint density at radius 3 is 2.81 bits per heavy atom. The number of fused-ring (bicyclic) bond motifs is 1. The molecule has 0 bridgehead atoms. The van der Waals surface area contributed by atoms with Gasteiger partial charge in [0.2, 0.25) is 0 Å². The van der Waals surface area contributed by atoms with Crippen LogP contribution in [0.1, 0.15) is 16.7 Å². The van der Waals surface area contributed by atoms with Gasteiger partial charge < -0.3 is 19.7 Å². The van der Waals surface area contributed by atoms with E-state index in [1.54, 1.807) is 0 Å². The maximum Gasteiger partial charge on any atom is 0.279 e. The molecule has 138 valence electrons. The Labute approximate surface area is 158 Å². The molecule has 2 aromatic carbocycles. The fraction of sp³-hybridized carbons (Fsp3) is 0.350. The first-order valence-electron chi connectivity index (χ1n) is 8.69. The van der Waals surface area contributed by atoms with Crippen LogP contribution < -0.4 is 19.7 Å². The van der Waals surface area contributed by atoms with Gasteiger partial charge in [0.25, 0.3) is 5.91 Å². The van der Waals surface area contributed by atoms with Crippen molar-refractivity contribution < 1.29 is 19.2 Å². The van der Waals surface area contributed by atoms with Gasteiger partial charge in [-0.1, -0.05) is 23.7 Å². The quantitative estimate of drug-likeness (QED) is 0.843. The lowest BCUT2D eigenvalue weighted by atomic mass is 10.1. The summed E-state index contributed by atoms with van der Waals surface area (Å²) in [6.07, 6.45) is 0. The van der Waals surface area contributed by atoms with E-state index in [-0.39, 0.29) is 5.91 Å². The van der Waals surface area contributed by atoms with E-state index in [2.05, 4.69) is 5.32 Å². The molecule has 2 N–H and O–H groups in total. The van der Waals surface area contributed by atoms with Crippen molar-refractivity contribution in [3.05, 3.63) is 52.0 Å². The van der Waals surface area contributed by atoms with Crippen LogP contribution in [0.4, 0.5) is 5.69 Å². The number of aryl methyl sites for hydroxylation is 1. The van der Waals surface area contributed by atoms with Crippen LogP contribution in [0.25, 0.3) is 0 Å². The summed E-state index contributed by atoms with van der Waals surface area (Å²) in [5.74, 6) is 1.26. The van der Waals surface area contributed by atoms with Crippen molar-refractivity contribution in [1.82, 2.24) is 0 Å². The average Bonchev–Trinajstić information content (AvgIpc) is 2.59. The molecule has 1 heterocycles. The van der Waals surface area contributed by atoms with Crippen LogP contribution in [0, 0.1) is 13.8 Å². The van der Waals surface area contributed by atoms with E-state index in [0.29, 0.717) is 42.8 Å². The molecule has 1 aliphatic heterocycles. The van der Waals surface area contributed by atoms with Crippen molar-refractivity contribution in [2.24, 2.45) is 0 Å². The Kier molecular flexibility index (Phi) is 5.69. The molecule has 0 fully saturated rings. The number of hydrogen-bond acceptors (Lipinski definition) is 3. The predicted molar refractivity (Wildman–Crippen MR) is 102 cm³/mol. The second-order valence-corrected chi connectivity index (χ2v) is 7.12. The summed E-state index contributed by atoms with van der Waals surface area (Å²) < 4.78 is 11.2. The first kappa shape index (κ1) is 18.5. The van der Waals surface area contributed by atoms with Gasteiger partial charge >= 0.3 is 0 Å². The van der Waals surface area contributed by atoms with Crippen molar-refractivity contribution in [2.45, 2.75) is 20.4 Å². The number of ether oxygens (including phenoxy) is 2. The average molecular weight is 376 g/mol. The van der Waals surface area contributed by atoms with Crippen molar-refractivity contribution in [1.29, 1.82) is 0 Å². The minimum Gasteiger partial charge on any atom is -0.486 e. The molecule has 5 nitrogen and oxygen atoms in total. The van der Waals surface area contributed by atoms with E-state index < -0.39 is 0 Å². The zero-order valence-electron chi connectivity index (χ0n) is 15.3. The zero-order valence-corrected chi connectivity index (χ0v) is 16.1. The maximum absolute atomic E-state index is 12.4. The SMILES string of the molecule is Cc1cccc(NC(=O)C[NH+](C)Cc2cc(Cl)c3c(c2)OCCO3)c1C. The maximum atomic E-state index is 12.4. The van der Waals surface area contributed by atoms with Crippen LogP contribution in [0.15, 0.2) is 30.3 Å². The molecule has 0 saturated carbocycles. The number of quaternary nitrogens is 1. The molecule has 6 heteroatoms. The van der Waals surface area contributed by atoms with E-state index >= 15 is 0 Å². The largest absolute Gasteiger partial charge is 0.486 e. The van der Waals surface area contributed by atoms with Crippen LogP contribution in [0.5, 0.6) is 11.5 Å². The highest BCUT2D eigenvalue weighted by Gasteiger charge is 2.19. The molecule has 3 rings (SSSR count). The lowest BCUT2D eigenvalue weighted by Crippen LogP contribution is -3.08. The normalized spacial score (nSPS) is 14.0. The van der Waals surface area contributed by atoms with E-state index in [0.717, 1.165) is 27.3 Å². The molecule has 0 radical (unpaired) electrons. The second-order valence-electron chi connectivity index (χ2n) is 6.71. The molecule has 26 heavy (non-hydrogen) atoms. The summed E-state index contributed by atoms with van der Waals surface area (Å²) in [5, 5.41) is 3.54. The van der Waals surface area contributed by atoms with Crippen LogP contribution in [0.3, 0.4) is 0 Å². The third kappa shape index (κ3) is 4.29. The number of anilines is 1. The Bertz CT molecular complexity index is 823. The van der Waals surface area contributed by atoms with Crippen molar-refractivity contribution in [3.8, 4) is 11.5 Å². The Balaban J connectivity index is 1.62. The lowest BCUT2D eigenvalue weighted by molar-refractivity contribution is -0.885. The topological polar surface area (TPSA) is 52.0 Å². The summed E-state index contributed by atoms with van der Waals surface area (Å²) in [6.45, 7) is 6.10. The monoisotopic (exact) mass is 375 g/mol. The molecular formula is C20H24ClN2O3+.